The first-order valence-electron chi connectivity index (χ1n) is 6.72. The molecule has 0 radical (unpaired) electrons. The lowest BCUT2D eigenvalue weighted by molar-refractivity contribution is -0.130. The van der Waals surface area contributed by atoms with Crippen molar-refractivity contribution in [3.05, 3.63) is 79.8 Å². The van der Waals surface area contributed by atoms with Gasteiger partial charge in [0, 0.05) is 31.2 Å². The molecule has 0 unspecified atom stereocenters. The molecule has 0 saturated heterocycles. The van der Waals surface area contributed by atoms with Crippen LogP contribution in [0, 0.1) is 0 Å². The molecule has 2 nitrogen and oxygen atoms in total. The normalized spacial score (nSPS) is 11.3. The van der Waals surface area contributed by atoms with Crippen LogP contribution in [0.25, 0.3) is 12.2 Å². The van der Waals surface area contributed by atoms with Gasteiger partial charge < -0.3 is 0 Å². The Morgan fingerprint density at radius 1 is 0.625 bits per heavy atom. The fraction of sp³-hybridized carbons (Fsp3) is 0. The molecule has 0 aromatic heterocycles. The van der Waals surface area contributed by atoms with E-state index in [0.29, 0.717) is 31.2 Å². The number of benzene rings is 2. The minimum absolute atomic E-state index is 0.386. The van der Waals surface area contributed by atoms with Crippen LogP contribution in [-0.2, 0) is 9.59 Å². The van der Waals surface area contributed by atoms with Crippen LogP contribution in [0.5, 0.6) is 0 Å². The van der Waals surface area contributed by atoms with E-state index in [4.69, 9.17) is 46.4 Å². The fourth-order valence-electron chi connectivity index (χ4n) is 1.82. The number of allylic oxidation sites excluding steroid dienone is 2. The maximum atomic E-state index is 11.9. The smallest absolute Gasteiger partial charge is 0.225 e. The SMILES string of the molecule is O=C(C=Cc1c(Cl)cccc1Cl)C(=O)C=Cc1c(Cl)cccc1Cl. The summed E-state index contributed by atoms with van der Waals surface area (Å²) in [4.78, 5) is 23.8. The molecule has 2 aromatic rings. The predicted octanol–water partition coefficient (Wildman–Crippen LogP) is 6.17. The molecular formula is C18H10Cl4O2. The zero-order valence-electron chi connectivity index (χ0n) is 12.1. The molecule has 0 heterocycles. The van der Waals surface area contributed by atoms with Crippen molar-refractivity contribution in [2.75, 3.05) is 0 Å². The Morgan fingerprint density at radius 2 is 0.917 bits per heavy atom. The van der Waals surface area contributed by atoms with Gasteiger partial charge in [-0.05, 0) is 48.6 Å². The Kier molecular flexibility index (Phi) is 6.64. The summed E-state index contributed by atoms with van der Waals surface area (Å²) in [6.45, 7) is 0. The highest BCUT2D eigenvalue weighted by Crippen LogP contribution is 2.26. The average molecular weight is 400 g/mol. The molecule has 2 aromatic carbocycles. The summed E-state index contributed by atoms with van der Waals surface area (Å²) in [6.07, 6.45) is 5.05. The third-order valence-corrected chi connectivity index (χ3v) is 4.36. The van der Waals surface area contributed by atoms with Crippen LogP contribution >= 0.6 is 46.4 Å². The molecule has 6 heteroatoms. The number of carbonyl (C=O) groups is 2. The van der Waals surface area contributed by atoms with Crippen molar-refractivity contribution in [3.8, 4) is 0 Å². The minimum Gasteiger partial charge on any atom is -0.286 e. The lowest BCUT2D eigenvalue weighted by Crippen LogP contribution is -2.06. The molecule has 0 aliphatic rings. The Bertz CT molecular complexity index is 742. The van der Waals surface area contributed by atoms with Crippen molar-refractivity contribution in [1.82, 2.24) is 0 Å². The summed E-state index contributed by atoms with van der Waals surface area (Å²) in [5, 5.41) is 1.55. The second-order valence-corrected chi connectivity index (χ2v) is 6.29. The van der Waals surface area contributed by atoms with Crippen LogP contribution in [0.15, 0.2) is 48.6 Å². The van der Waals surface area contributed by atoms with E-state index in [0.717, 1.165) is 12.2 Å². The maximum Gasteiger partial charge on any atom is 0.225 e. The number of carbonyl (C=O) groups excluding carboxylic acids is 2. The average Bonchev–Trinajstić information content (AvgIpc) is 2.53. The molecule has 0 spiro atoms. The molecule has 0 N–H and O–H groups in total. The van der Waals surface area contributed by atoms with Crippen molar-refractivity contribution in [2.45, 2.75) is 0 Å². The topological polar surface area (TPSA) is 34.1 Å². The monoisotopic (exact) mass is 398 g/mol. The van der Waals surface area contributed by atoms with Crippen LogP contribution in [0.4, 0.5) is 0 Å². The summed E-state index contributed by atoms with van der Waals surface area (Å²) in [7, 11) is 0. The molecule has 0 aliphatic carbocycles. The first kappa shape index (κ1) is 18.8. The van der Waals surface area contributed by atoms with Gasteiger partial charge in [-0.25, -0.2) is 0 Å². The van der Waals surface area contributed by atoms with Crippen LogP contribution in [0.2, 0.25) is 20.1 Å². The second-order valence-electron chi connectivity index (χ2n) is 4.67. The van der Waals surface area contributed by atoms with Crippen molar-refractivity contribution >= 4 is 70.1 Å². The number of hydrogen-bond acceptors (Lipinski definition) is 2. The summed E-state index contributed by atoms with van der Waals surface area (Å²) < 4.78 is 0. The summed E-state index contributed by atoms with van der Waals surface area (Å²) in [6, 6.07) is 9.92. The van der Waals surface area contributed by atoms with Crippen molar-refractivity contribution < 1.29 is 9.59 Å². The Morgan fingerprint density at radius 3 is 1.21 bits per heavy atom. The van der Waals surface area contributed by atoms with E-state index in [1.54, 1.807) is 36.4 Å². The van der Waals surface area contributed by atoms with E-state index in [9.17, 15) is 9.59 Å². The van der Waals surface area contributed by atoms with E-state index in [2.05, 4.69) is 0 Å². The second kappa shape index (κ2) is 8.50. The number of halogens is 4. The lowest BCUT2D eigenvalue weighted by Gasteiger charge is -2.00. The first-order valence-corrected chi connectivity index (χ1v) is 8.24. The van der Waals surface area contributed by atoms with Gasteiger partial charge in [0.05, 0.1) is 0 Å². The van der Waals surface area contributed by atoms with E-state index in [1.165, 1.54) is 12.2 Å². The molecule has 2 rings (SSSR count). The highest BCUT2D eigenvalue weighted by Gasteiger charge is 2.09. The van der Waals surface area contributed by atoms with Gasteiger partial charge in [-0.2, -0.15) is 0 Å². The molecule has 0 aliphatic heterocycles. The highest BCUT2D eigenvalue weighted by molar-refractivity contribution is 6.47. The molecule has 0 bridgehead atoms. The molecular weight excluding hydrogens is 390 g/mol. The first-order chi connectivity index (χ1) is 11.4. The minimum atomic E-state index is -0.717. The van der Waals surface area contributed by atoms with Crippen molar-refractivity contribution in [2.24, 2.45) is 0 Å². The van der Waals surface area contributed by atoms with Crippen LogP contribution < -0.4 is 0 Å². The van der Waals surface area contributed by atoms with Crippen LogP contribution in [0.1, 0.15) is 11.1 Å². The number of ketones is 2. The van der Waals surface area contributed by atoms with Crippen LogP contribution in [0.3, 0.4) is 0 Å². The van der Waals surface area contributed by atoms with Gasteiger partial charge in [-0.1, -0.05) is 58.5 Å². The predicted molar refractivity (Wildman–Crippen MR) is 101 cm³/mol. The van der Waals surface area contributed by atoms with E-state index in [1.807, 2.05) is 0 Å². The maximum absolute atomic E-state index is 11.9. The molecule has 24 heavy (non-hydrogen) atoms. The van der Waals surface area contributed by atoms with Gasteiger partial charge in [-0.3, -0.25) is 9.59 Å². The van der Waals surface area contributed by atoms with E-state index < -0.39 is 11.6 Å². The van der Waals surface area contributed by atoms with E-state index >= 15 is 0 Å². The third-order valence-electron chi connectivity index (χ3n) is 3.05. The van der Waals surface area contributed by atoms with Gasteiger partial charge in [0.25, 0.3) is 0 Å². The standard InChI is InChI=1S/C18H10Cl4O2/c19-13-3-1-4-14(20)11(13)7-9-17(23)18(24)10-8-12-15(21)5-2-6-16(12)22/h1-10H. The van der Waals surface area contributed by atoms with E-state index in [-0.39, 0.29) is 0 Å². The van der Waals surface area contributed by atoms with Gasteiger partial charge in [0.1, 0.15) is 0 Å². The Hall–Kier alpha value is -1.58. The quantitative estimate of drug-likeness (QED) is 0.445. The molecule has 0 atom stereocenters. The third kappa shape index (κ3) is 4.71. The van der Waals surface area contributed by atoms with Crippen molar-refractivity contribution in [1.29, 1.82) is 0 Å². The zero-order valence-corrected chi connectivity index (χ0v) is 15.1. The largest absolute Gasteiger partial charge is 0.286 e. The van der Waals surface area contributed by atoms with Gasteiger partial charge in [0.2, 0.25) is 11.6 Å². The molecule has 0 fully saturated rings. The fourth-order valence-corrected chi connectivity index (χ4v) is 2.87. The molecule has 0 saturated carbocycles. The van der Waals surface area contributed by atoms with Crippen LogP contribution in [-0.4, -0.2) is 11.6 Å². The highest BCUT2D eigenvalue weighted by atomic mass is 35.5. The number of rotatable bonds is 5. The summed E-state index contributed by atoms with van der Waals surface area (Å²) in [5.41, 5.74) is 0.945. The zero-order chi connectivity index (χ0) is 17.7. The lowest BCUT2D eigenvalue weighted by atomic mass is 10.1. The Labute approximate surface area is 159 Å². The van der Waals surface area contributed by atoms with Gasteiger partial charge in [-0.15, -0.1) is 0 Å². The molecule has 0 amide bonds. The van der Waals surface area contributed by atoms with Crippen molar-refractivity contribution in [3.63, 3.8) is 0 Å². The molecule has 122 valence electrons. The summed E-state index contributed by atoms with van der Waals surface area (Å²) >= 11 is 24.0. The van der Waals surface area contributed by atoms with Gasteiger partial charge in [0.15, 0.2) is 0 Å². The number of hydrogen-bond donors (Lipinski definition) is 0. The van der Waals surface area contributed by atoms with Gasteiger partial charge >= 0.3 is 0 Å². The Balaban J connectivity index is 2.14. The summed E-state index contributed by atoms with van der Waals surface area (Å²) in [5.74, 6) is -1.43.